The predicted octanol–water partition coefficient (Wildman–Crippen LogP) is 17.4. The van der Waals surface area contributed by atoms with Crippen molar-refractivity contribution in [1.82, 2.24) is 10.2 Å². The van der Waals surface area contributed by atoms with Crippen molar-refractivity contribution in [3.05, 3.63) is 153 Å². The molecule has 12 heteroatoms. The van der Waals surface area contributed by atoms with Gasteiger partial charge in [0, 0.05) is 33.4 Å². The minimum Gasteiger partial charge on any atom is -0.494 e. The number of amides is 2. The van der Waals surface area contributed by atoms with Crippen LogP contribution in [-0.4, -0.2) is 47.5 Å². The van der Waals surface area contributed by atoms with Gasteiger partial charge < -0.3 is 29.7 Å². The second-order valence-electron chi connectivity index (χ2n) is 20.3. The van der Waals surface area contributed by atoms with Crippen molar-refractivity contribution in [1.29, 1.82) is 5.26 Å². The molecule has 10 nitrogen and oxygen atoms in total. The highest BCUT2D eigenvalue weighted by Crippen LogP contribution is 2.48. The Labute approximate surface area is 469 Å². The number of nitrogens with one attached hydrogen (secondary N) is 1. The number of nitriles is 1. The molecule has 2 aliphatic rings. The quantitative estimate of drug-likeness (QED) is 0.0250. The Bertz CT molecular complexity index is 3040. The van der Waals surface area contributed by atoms with Crippen LogP contribution in [0.25, 0.3) is 38.4 Å². The molecule has 2 aromatic heterocycles. The first-order valence-corrected chi connectivity index (χ1v) is 29.9. The van der Waals surface area contributed by atoms with E-state index in [1.54, 1.807) is 29.5 Å². The Morgan fingerprint density at radius 2 is 1.09 bits per heavy atom. The van der Waals surface area contributed by atoms with Crippen molar-refractivity contribution in [2.45, 2.75) is 130 Å². The van der Waals surface area contributed by atoms with Crippen LogP contribution in [0.1, 0.15) is 146 Å². The third-order valence-electron chi connectivity index (χ3n) is 14.6. The van der Waals surface area contributed by atoms with Gasteiger partial charge in [-0.2, -0.15) is 5.26 Å². The molecular formula is C66H74N4O6S2. The van der Waals surface area contributed by atoms with Gasteiger partial charge in [-0.25, -0.2) is 4.79 Å². The number of hydrogen-bond acceptors (Lipinski definition) is 9. The molecule has 406 valence electrons. The summed E-state index contributed by atoms with van der Waals surface area (Å²) in [5, 5.41) is 21.7. The average molecular weight is 1080 g/mol. The molecule has 0 fully saturated rings. The molecule has 0 radical (unpaired) electrons. The van der Waals surface area contributed by atoms with E-state index >= 15 is 0 Å². The molecule has 4 heterocycles. The molecule has 0 saturated heterocycles. The first-order valence-electron chi connectivity index (χ1n) is 28.3. The van der Waals surface area contributed by atoms with E-state index in [0.717, 1.165) is 97.7 Å². The molecule has 8 rings (SSSR count). The van der Waals surface area contributed by atoms with Crippen molar-refractivity contribution in [3.8, 4) is 38.4 Å². The SMILES string of the molecule is CCCCCCCCOc1ccc(N(c2ccc(OCCCCCCCC)cc2)c2ccc(-c3ccc(C4=C5C(=O)NC(c6ccc(-c7ccc(/C=C(\C#N)C(=O)O)cc7)s6)=C5C(=O)N4CC(CC)CCCC)s3)cc2)cc1. The third kappa shape index (κ3) is 14.3. The number of nitrogens with zero attached hydrogens (tertiary/aromatic N) is 3. The van der Waals surface area contributed by atoms with Gasteiger partial charge in [0.1, 0.15) is 23.1 Å². The first-order chi connectivity index (χ1) is 38.1. The number of unbranched alkanes of at least 4 members (excludes halogenated alkanes) is 11. The van der Waals surface area contributed by atoms with Crippen LogP contribution < -0.4 is 19.7 Å². The van der Waals surface area contributed by atoms with Crippen molar-refractivity contribution in [3.63, 3.8) is 0 Å². The number of anilines is 3. The lowest BCUT2D eigenvalue weighted by atomic mass is 9.98. The van der Waals surface area contributed by atoms with E-state index in [4.69, 9.17) is 9.47 Å². The predicted molar refractivity (Wildman–Crippen MR) is 320 cm³/mol. The summed E-state index contributed by atoms with van der Waals surface area (Å²) in [7, 11) is 0. The number of rotatable bonds is 31. The van der Waals surface area contributed by atoms with E-state index in [2.05, 4.69) is 117 Å². The lowest BCUT2D eigenvalue weighted by Crippen LogP contribution is -2.31. The molecule has 4 aromatic carbocycles. The fourth-order valence-corrected chi connectivity index (χ4v) is 12.2. The second-order valence-corrected chi connectivity index (χ2v) is 22.5. The van der Waals surface area contributed by atoms with Gasteiger partial charge in [-0.1, -0.05) is 148 Å². The number of carbonyl (C=O) groups is 3. The normalized spacial score (nSPS) is 13.7. The minimum atomic E-state index is -1.28. The molecule has 1 atom stereocenters. The van der Waals surface area contributed by atoms with E-state index < -0.39 is 5.97 Å². The Morgan fingerprint density at radius 3 is 1.60 bits per heavy atom. The zero-order valence-electron chi connectivity index (χ0n) is 45.8. The van der Waals surface area contributed by atoms with Crippen LogP contribution in [0, 0.1) is 17.2 Å². The number of hydrogen-bond donors (Lipinski definition) is 2. The summed E-state index contributed by atoms with van der Waals surface area (Å²) in [6, 6.07) is 42.3. The largest absolute Gasteiger partial charge is 0.494 e. The van der Waals surface area contributed by atoms with Gasteiger partial charge in [-0.05, 0) is 133 Å². The van der Waals surface area contributed by atoms with E-state index in [-0.39, 0.29) is 23.3 Å². The van der Waals surface area contributed by atoms with Gasteiger partial charge in [-0.3, -0.25) is 9.59 Å². The summed E-state index contributed by atoms with van der Waals surface area (Å²) < 4.78 is 12.4. The molecule has 2 N–H and O–H groups in total. The number of carbonyl (C=O) groups excluding carboxylic acids is 2. The van der Waals surface area contributed by atoms with Crippen LogP contribution in [0.3, 0.4) is 0 Å². The number of thiophene rings is 2. The van der Waals surface area contributed by atoms with Gasteiger partial charge in [0.2, 0.25) is 0 Å². The number of fused-ring (bicyclic) bond motifs is 1. The number of aliphatic carboxylic acids is 1. The van der Waals surface area contributed by atoms with Gasteiger partial charge >= 0.3 is 5.97 Å². The minimum absolute atomic E-state index is 0.171. The maximum absolute atomic E-state index is 14.9. The Kier molecular flexibility index (Phi) is 20.8. The van der Waals surface area contributed by atoms with Crippen molar-refractivity contribution >= 4 is 75.0 Å². The zero-order chi connectivity index (χ0) is 54.8. The van der Waals surface area contributed by atoms with Gasteiger partial charge in [0.15, 0.2) is 0 Å². The smallest absolute Gasteiger partial charge is 0.346 e. The maximum Gasteiger partial charge on any atom is 0.346 e. The highest BCUT2D eigenvalue weighted by molar-refractivity contribution is 7.17. The molecule has 0 saturated carbocycles. The van der Waals surface area contributed by atoms with Crippen molar-refractivity contribution in [2.24, 2.45) is 5.92 Å². The Morgan fingerprint density at radius 1 is 0.615 bits per heavy atom. The van der Waals surface area contributed by atoms with Gasteiger partial charge in [0.25, 0.3) is 11.8 Å². The van der Waals surface area contributed by atoms with Crippen molar-refractivity contribution in [2.75, 3.05) is 24.7 Å². The number of carboxylic acid groups (broad SMARTS) is 1. The molecular weight excluding hydrogens is 1010 g/mol. The first kappa shape index (κ1) is 57.0. The fourth-order valence-electron chi connectivity index (χ4n) is 10.1. The lowest BCUT2D eigenvalue weighted by molar-refractivity contribution is -0.132. The standard InChI is InChI=1S/C66H74N4O6S2/c1-5-9-12-14-16-18-41-75-54-33-29-52(30-34-54)70(53-31-35-55(36-32-53)76-42-19-17-15-13-10-6-2)51-27-25-49(26-28-51)57-38-40-59(78-57)63-61-60(65(72)69(63)45-46(8-4)20-11-7-3)62(68-64(61)71)58-39-37-56(77-58)48-23-21-47(22-24-48)43-50(44-67)66(73)74/h21-40,43,46H,5-20,41-42,45H2,1-4H3,(H,68,71)(H,73,74)/b50-43+. The molecule has 1 unspecified atom stereocenters. The second kappa shape index (κ2) is 28.4. The summed E-state index contributed by atoms with van der Waals surface area (Å²) in [6.45, 7) is 10.8. The average Bonchev–Trinajstić information content (AvgIpc) is 4.39. The monoisotopic (exact) mass is 1080 g/mol. The maximum atomic E-state index is 14.9. The van der Waals surface area contributed by atoms with Crippen LogP contribution in [0.5, 0.6) is 11.5 Å². The lowest BCUT2D eigenvalue weighted by Gasteiger charge is -2.26. The number of benzene rings is 4. The molecule has 2 aliphatic heterocycles. The van der Waals surface area contributed by atoms with Crippen LogP contribution >= 0.6 is 22.7 Å². The molecule has 2 amide bonds. The van der Waals surface area contributed by atoms with Crippen LogP contribution in [0.4, 0.5) is 17.1 Å². The fraction of sp³-hybridized carbons (Fsp3) is 0.364. The molecule has 6 aromatic rings. The summed E-state index contributed by atoms with van der Waals surface area (Å²) in [4.78, 5) is 48.3. The van der Waals surface area contributed by atoms with Crippen LogP contribution in [0.15, 0.2) is 138 Å². The van der Waals surface area contributed by atoms with Gasteiger partial charge in [0.05, 0.1) is 45.5 Å². The number of carboxylic acids is 1. The third-order valence-corrected chi connectivity index (χ3v) is 16.9. The highest BCUT2D eigenvalue weighted by Gasteiger charge is 2.46. The topological polar surface area (TPSA) is 132 Å². The van der Waals surface area contributed by atoms with Gasteiger partial charge in [-0.15, -0.1) is 22.7 Å². The molecule has 78 heavy (non-hydrogen) atoms. The van der Waals surface area contributed by atoms with E-state index in [9.17, 15) is 24.8 Å². The van der Waals surface area contributed by atoms with E-state index in [0.29, 0.717) is 47.9 Å². The number of ether oxygens (including phenoxy) is 2. The summed E-state index contributed by atoms with van der Waals surface area (Å²) in [6.07, 6.45) is 20.0. The van der Waals surface area contributed by atoms with Crippen LogP contribution in [0.2, 0.25) is 0 Å². The zero-order valence-corrected chi connectivity index (χ0v) is 47.4. The molecule has 0 aliphatic carbocycles. The van der Waals surface area contributed by atoms with Crippen LogP contribution in [-0.2, 0) is 14.4 Å². The summed E-state index contributed by atoms with van der Waals surface area (Å²) in [5.74, 6) is 0.242. The van der Waals surface area contributed by atoms with E-state index in [1.165, 1.54) is 81.6 Å². The molecule has 0 spiro atoms. The summed E-state index contributed by atoms with van der Waals surface area (Å²) in [5.41, 5.74) is 7.15. The van der Waals surface area contributed by atoms with E-state index in [1.807, 2.05) is 35.2 Å². The van der Waals surface area contributed by atoms with Crippen molar-refractivity contribution < 1.29 is 29.0 Å². The highest BCUT2D eigenvalue weighted by atomic mass is 32.1. The Balaban J connectivity index is 1.06. The Hall–Kier alpha value is -7.20. The summed E-state index contributed by atoms with van der Waals surface area (Å²) >= 11 is 3.05. The molecule has 0 bridgehead atoms.